The Morgan fingerprint density at radius 1 is 1.50 bits per heavy atom. The molecule has 0 aromatic heterocycles. The van der Waals surface area contributed by atoms with Gasteiger partial charge in [0.1, 0.15) is 0 Å². The van der Waals surface area contributed by atoms with Gasteiger partial charge in [-0.1, -0.05) is 18.9 Å². The maximum Gasteiger partial charge on any atom is 0.0221 e. The van der Waals surface area contributed by atoms with E-state index in [4.69, 9.17) is 5.73 Å². The third-order valence-electron chi connectivity index (χ3n) is 2.75. The molecule has 0 radical (unpaired) electrons. The van der Waals surface area contributed by atoms with Gasteiger partial charge >= 0.3 is 0 Å². The molecule has 1 unspecified atom stereocenters. The standard InChI is InChI=1S/C10H20N2/c1-2-7-12-10(8-11)9-5-3-4-6-9/h2,9-10,12H,1,3-8,11H2. The topological polar surface area (TPSA) is 38.0 Å². The van der Waals surface area contributed by atoms with Gasteiger partial charge in [-0.25, -0.2) is 0 Å². The number of nitrogens with two attached hydrogens (primary N) is 1. The minimum absolute atomic E-state index is 0.519. The average molecular weight is 168 g/mol. The fourth-order valence-corrected chi connectivity index (χ4v) is 2.04. The van der Waals surface area contributed by atoms with Gasteiger partial charge in [0.25, 0.3) is 0 Å². The lowest BCUT2D eigenvalue weighted by Gasteiger charge is -2.22. The van der Waals surface area contributed by atoms with Crippen LogP contribution in [-0.4, -0.2) is 19.1 Å². The van der Waals surface area contributed by atoms with Crippen LogP contribution in [0.15, 0.2) is 12.7 Å². The molecule has 2 nitrogen and oxygen atoms in total. The van der Waals surface area contributed by atoms with E-state index in [0.29, 0.717) is 6.04 Å². The Morgan fingerprint density at radius 3 is 2.67 bits per heavy atom. The molecule has 1 saturated carbocycles. The summed E-state index contributed by atoms with van der Waals surface area (Å²) in [4.78, 5) is 0. The summed E-state index contributed by atoms with van der Waals surface area (Å²) in [6.07, 6.45) is 7.38. The van der Waals surface area contributed by atoms with Crippen molar-refractivity contribution in [2.24, 2.45) is 11.7 Å². The summed E-state index contributed by atoms with van der Waals surface area (Å²) in [7, 11) is 0. The minimum atomic E-state index is 0.519. The van der Waals surface area contributed by atoms with Crippen LogP contribution in [0, 0.1) is 5.92 Å². The molecule has 0 aromatic rings. The first-order valence-corrected chi connectivity index (χ1v) is 4.93. The van der Waals surface area contributed by atoms with Crippen LogP contribution >= 0.6 is 0 Å². The largest absolute Gasteiger partial charge is 0.329 e. The number of nitrogens with one attached hydrogen (secondary N) is 1. The van der Waals surface area contributed by atoms with Gasteiger partial charge in [0, 0.05) is 19.1 Å². The van der Waals surface area contributed by atoms with Crippen molar-refractivity contribution in [1.29, 1.82) is 0 Å². The summed E-state index contributed by atoms with van der Waals surface area (Å²) in [6, 6.07) is 0.519. The summed E-state index contributed by atoms with van der Waals surface area (Å²) in [5.74, 6) is 0.815. The van der Waals surface area contributed by atoms with Crippen LogP contribution in [0.5, 0.6) is 0 Å². The van der Waals surface area contributed by atoms with E-state index >= 15 is 0 Å². The summed E-state index contributed by atoms with van der Waals surface area (Å²) < 4.78 is 0. The molecule has 1 aliphatic carbocycles. The van der Waals surface area contributed by atoms with Gasteiger partial charge in [-0.05, 0) is 18.8 Å². The predicted molar refractivity (Wildman–Crippen MR) is 53.0 cm³/mol. The van der Waals surface area contributed by atoms with Crippen LogP contribution in [0.3, 0.4) is 0 Å². The molecule has 1 fully saturated rings. The van der Waals surface area contributed by atoms with Gasteiger partial charge < -0.3 is 11.1 Å². The highest BCUT2D eigenvalue weighted by Crippen LogP contribution is 2.27. The fraction of sp³-hybridized carbons (Fsp3) is 0.800. The molecule has 0 aliphatic heterocycles. The minimum Gasteiger partial charge on any atom is -0.329 e. The predicted octanol–water partition coefficient (Wildman–Crippen LogP) is 1.28. The molecule has 0 saturated heterocycles. The fourth-order valence-electron chi connectivity index (χ4n) is 2.04. The van der Waals surface area contributed by atoms with Crippen molar-refractivity contribution in [3.05, 3.63) is 12.7 Å². The van der Waals surface area contributed by atoms with E-state index in [0.717, 1.165) is 19.0 Å². The molecule has 1 atom stereocenters. The van der Waals surface area contributed by atoms with Crippen molar-refractivity contribution in [2.75, 3.05) is 13.1 Å². The first-order valence-electron chi connectivity index (χ1n) is 4.93. The molecule has 0 bridgehead atoms. The molecular formula is C10H20N2. The van der Waals surface area contributed by atoms with Gasteiger partial charge in [-0.2, -0.15) is 0 Å². The molecular weight excluding hydrogens is 148 g/mol. The average Bonchev–Trinajstić information content (AvgIpc) is 2.59. The highest BCUT2D eigenvalue weighted by Gasteiger charge is 2.22. The monoisotopic (exact) mass is 168 g/mol. The van der Waals surface area contributed by atoms with Crippen molar-refractivity contribution in [2.45, 2.75) is 31.7 Å². The quantitative estimate of drug-likeness (QED) is 0.607. The van der Waals surface area contributed by atoms with Crippen molar-refractivity contribution in [3.63, 3.8) is 0 Å². The van der Waals surface area contributed by atoms with Crippen molar-refractivity contribution < 1.29 is 0 Å². The molecule has 0 heterocycles. The lowest BCUT2D eigenvalue weighted by Crippen LogP contribution is -2.41. The van der Waals surface area contributed by atoms with Gasteiger partial charge in [0.05, 0.1) is 0 Å². The molecule has 2 heteroatoms. The third kappa shape index (κ3) is 2.61. The second kappa shape index (κ2) is 5.33. The Balaban J connectivity index is 2.27. The van der Waals surface area contributed by atoms with E-state index in [9.17, 15) is 0 Å². The number of rotatable bonds is 5. The van der Waals surface area contributed by atoms with Crippen LogP contribution in [0.1, 0.15) is 25.7 Å². The zero-order valence-corrected chi connectivity index (χ0v) is 7.76. The maximum atomic E-state index is 5.70. The first-order chi connectivity index (χ1) is 5.88. The van der Waals surface area contributed by atoms with Crippen LogP contribution in [-0.2, 0) is 0 Å². The highest BCUT2D eigenvalue weighted by atomic mass is 14.9. The first kappa shape index (κ1) is 9.75. The van der Waals surface area contributed by atoms with E-state index in [1.807, 2.05) is 6.08 Å². The molecule has 0 aromatic carbocycles. The second-order valence-corrected chi connectivity index (χ2v) is 3.58. The van der Waals surface area contributed by atoms with Gasteiger partial charge in [0.2, 0.25) is 0 Å². The molecule has 0 spiro atoms. The molecule has 3 N–H and O–H groups in total. The summed E-state index contributed by atoms with van der Waals surface area (Å²) in [5.41, 5.74) is 5.70. The summed E-state index contributed by atoms with van der Waals surface area (Å²) >= 11 is 0. The second-order valence-electron chi connectivity index (χ2n) is 3.58. The zero-order valence-electron chi connectivity index (χ0n) is 7.76. The van der Waals surface area contributed by atoms with Crippen molar-refractivity contribution in [3.8, 4) is 0 Å². The Bertz CT molecular complexity index is 128. The summed E-state index contributed by atoms with van der Waals surface area (Å²) in [5, 5.41) is 3.42. The van der Waals surface area contributed by atoms with E-state index in [1.165, 1.54) is 25.7 Å². The van der Waals surface area contributed by atoms with Gasteiger partial charge in [0.15, 0.2) is 0 Å². The molecule has 1 rings (SSSR count). The van der Waals surface area contributed by atoms with Gasteiger partial charge in [-0.15, -0.1) is 6.58 Å². The molecule has 0 amide bonds. The van der Waals surface area contributed by atoms with Crippen LogP contribution in [0.25, 0.3) is 0 Å². The SMILES string of the molecule is C=CCNC(CN)C1CCCC1. The Kier molecular flexibility index (Phi) is 4.33. The highest BCUT2D eigenvalue weighted by molar-refractivity contribution is 4.83. The zero-order chi connectivity index (χ0) is 8.81. The van der Waals surface area contributed by atoms with E-state index in [1.54, 1.807) is 0 Å². The van der Waals surface area contributed by atoms with Crippen molar-refractivity contribution >= 4 is 0 Å². The Morgan fingerprint density at radius 2 is 2.17 bits per heavy atom. The van der Waals surface area contributed by atoms with Crippen molar-refractivity contribution in [1.82, 2.24) is 5.32 Å². The molecule has 1 aliphatic rings. The Labute approximate surface area is 75.2 Å². The molecule has 12 heavy (non-hydrogen) atoms. The van der Waals surface area contributed by atoms with Crippen LogP contribution in [0.2, 0.25) is 0 Å². The molecule has 70 valence electrons. The normalized spacial score (nSPS) is 21.1. The van der Waals surface area contributed by atoms with E-state index < -0.39 is 0 Å². The lowest BCUT2D eigenvalue weighted by molar-refractivity contribution is 0.376. The van der Waals surface area contributed by atoms with Gasteiger partial charge in [-0.3, -0.25) is 0 Å². The van der Waals surface area contributed by atoms with E-state index in [-0.39, 0.29) is 0 Å². The van der Waals surface area contributed by atoms with E-state index in [2.05, 4.69) is 11.9 Å². The lowest BCUT2D eigenvalue weighted by atomic mass is 9.98. The maximum absolute atomic E-state index is 5.70. The summed E-state index contributed by atoms with van der Waals surface area (Å²) in [6.45, 7) is 5.34. The van der Waals surface area contributed by atoms with Crippen LogP contribution in [0.4, 0.5) is 0 Å². The third-order valence-corrected chi connectivity index (χ3v) is 2.75. The Hall–Kier alpha value is -0.340. The number of hydrogen-bond donors (Lipinski definition) is 2. The number of hydrogen-bond acceptors (Lipinski definition) is 2. The smallest absolute Gasteiger partial charge is 0.0221 e. The van der Waals surface area contributed by atoms with Crippen LogP contribution < -0.4 is 11.1 Å².